The number of benzene rings is 1. The van der Waals surface area contributed by atoms with Crippen LogP contribution in [0.4, 0.5) is 5.82 Å². The number of aromatic nitrogens is 4. The van der Waals surface area contributed by atoms with Crippen LogP contribution in [0.5, 0.6) is 0 Å². The monoisotopic (exact) mass is 375 g/mol. The number of nitrogens with zero attached hydrogens (tertiary/aromatic N) is 2. The van der Waals surface area contributed by atoms with E-state index >= 15 is 0 Å². The highest BCUT2D eigenvalue weighted by atomic mass is 16.5. The normalized spacial score (nSPS) is 15.6. The molecular formula is C22H25N5O. The Bertz CT molecular complexity index is 1140. The first-order valence-electron chi connectivity index (χ1n) is 10.0. The van der Waals surface area contributed by atoms with E-state index in [0.29, 0.717) is 24.2 Å². The second-order valence-corrected chi connectivity index (χ2v) is 7.79. The van der Waals surface area contributed by atoms with E-state index in [2.05, 4.69) is 44.2 Å². The average Bonchev–Trinajstić information content (AvgIpc) is 3.28. The number of rotatable bonds is 4. The topological polar surface area (TPSA) is 92.6 Å². The maximum atomic E-state index is 6.14. The van der Waals surface area contributed by atoms with Crippen LogP contribution in [0.2, 0.25) is 0 Å². The molecule has 0 aliphatic heterocycles. The van der Waals surface area contributed by atoms with Crippen LogP contribution in [0.25, 0.3) is 33.3 Å². The molecule has 28 heavy (non-hydrogen) atoms. The van der Waals surface area contributed by atoms with Crippen molar-refractivity contribution < 1.29 is 4.74 Å². The molecule has 4 aromatic rings. The first-order valence-corrected chi connectivity index (χ1v) is 10.0. The molecule has 4 N–H and O–H groups in total. The molecule has 1 aliphatic carbocycles. The number of nitrogen functional groups attached to an aromatic ring is 1. The summed E-state index contributed by atoms with van der Waals surface area (Å²) in [5.74, 6) is 1.30. The van der Waals surface area contributed by atoms with Gasteiger partial charge in [-0.3, -0.25) is 0 Å². The summed E-state index contributed by atoms with van der Waals surface area (Å²) in [6, 6.07) is 10.5. The Labute approximate surface area is 163 Å². The fourth-order valence-corrected chi connectivity index (χ4v) is 4.19. The molecule has 6 nitrogen and oxygen atoms in total. The van der Waals surface area contributed by atoms with Crippen molar-refractivity contribution in [3.8, 4) is 11.3 Å². The van der Waals surface area contributed by atoms with E-state index < -0.39 is 0 Å². The molecule has 0 radical (unpaired) electrons. The largest absolute Gasteiger partial charge is 0.384 e. The molecule has 0 atom stereocenters. The van der Waals surface area contributed by atoms with Crippen LogP contribution in [0.1, 0.15) is 43.5 Å². The van der Waals surface area contributed by atoms with Gasteiger partial charge < -0.3 is 20.4 Å². The zero-order valence-corrected chi connectivity index (χ0v) is 16.1. The van der Waals surface area contributed by atoms with Crippen molar-refractivity contribution in [1.82, 2.24) is 19.9 Å². The van der Waals surface area contributed by atoms with Gasteiger partial charge in [-0.2, -0.15) is 0 Å². The molecule has 6 heteroatoms. The van der Waals surface area contributed by atoms with Crippen molar-refractivity contribution >= 4 is 27.9 Å². The number of hydrogen-bond acceptors (Lipinski definition) is 4. The summed E-state index contributed by atoms with van der Waals surface area (Å²) in [5.41, 5.74) is 11.8. The molecule has 144 valence electrons. The van der Waals surface area contributed by atoms with E-state index in [1.54, 1.807) is 0 Å². The molecule has 1 saturated carbocycles. The molecule has 1 aromatic carbocycles. The predicted octanol–water partition coefficient (Wildman–Crippen LogP) is 4.85. The van der Waals surface area contributed by atoms with Crippen LogP contribution in [0.15, 0.2) is 30.3 Å². The predicted molar refractivity (Wildman–Crippen MR) is 112 cm³/mol. The van der Waals surface area contributed by atoms with Gasteiger partial charge in [0.2, 0.25) is 0 Å². The zero-order valence-electron chi connectivity index (χ0n) is 16.1. The first-order chi connectivity index (χ1) is 13.7. The number of fused-ring (bicyclic) bond motifs is 2. The van der Waals surface area contributed by atoms with Crippen LogP contribution in [0, 0.1) is 6.92 Å². The van der Waals surface area contributed by atoms with Gasteiger partial charge in [-0.1, -0.05) is 25.3 Å². The van der Waals surface area contributed by atoms with E-state index in [1.165, 1.54) is 37.7 Å². The number of H-pyrrole nitrogens is 2. The Morgan fingerprint density at radius 3 is 2.79 bits per heavy atom. The molecule has 1 aliphatic rings. The third-order valence-corrected chi connectivity index (χ3v) is 5.60. The number of nitrogens with one attached hydrogen (secondary N) is 2. The standard InChI is InChI=1S/C22H25N5O/c1-13-24-21-17(11-20(23)27-22(21)25-13)19-10-15-9-14(7-8-18(15)26-19)12-28-16-5-3-2-4-6-16/h7-11,16,26H,2-6,12H2,1H3,(H3,23,24,25,27). The van der Waals surface area contributed by atoms with E-state index in [9.17, 15) is 0 Å². The summed E-state index contributed by atoms with van der Waals surface area (Å²) in [4.78, 5) is 15.6. The Kier molecular flexibility index (Phi) is 4.28. The molecule has 0 unspecified atom stereocenters. The van der Waals surface area contributed by atoms with E-state index in [4.69, 9.17) is 10.5 Å². The van der Waals surface area contributed by atoms with Gasteiger partial charge in [0.1, 0.15) is 17.2 Å². The van der Waals surface area contributed by atoms with Gasteiger partial charge in [-0.25, -0.2) is 9.97 Å². The quantitative estimate of drug-likeness (QED) is 0.475. The smallest absolute Gasteiger partial charge is 0.160 e. The number of hydrogen-bond donors (Lipinski definition) is 3. The summed E-state index contributed by atoms with van der Waals surface area (Å²) in [7, 11) is 0. The molecule has 1 fully saturated rings. The lowest BCUT2D eigenvalue weighted by Gasteiger charge is -2.22. The molecular weight excluding hydrogens is 350 g/mol. The fourth-order valence-electron chi connectivity index (χ4n) is 4.19. The highest BCUT2D eigenvalue weighted by molar-refractivity contribution is 5.95. The lowest BCUT2D eigenvalue weighted by molar-refractivity contribution is 0.0169. The number of ether oxygens (including phenoxy) is 1. The highest BCUT2D eigenvalue weighted by Crippen LogP contribution is 2.31. The van der Waals surface area contributed by atoms with Crippen molar-refractivity contribution in [3.63, 3.8) is 0 Å². The molecule has 0 amide bonds. The number of anilines is 1. The molecule has 3 heterocycles. The second kappa shape index (κ2) is 6.95. The van der Waals surface area contributed by atoms with Crippen molar-refractivity contribution in [3.05, 3.63) is 41.7 Å². The minimum Gasteiger partial charge on any atom is -0.384 e. The Hall–Kier alpha value is -2.86. The van der Waals surface area contributed by atoms with Gasteiger partial charge in [0.25, 0.3) is 0 Å². The third-order valence-electron chi connectivity index (χ3n) is 5.60. The number of imidazole rings is 1. The van der Waals surface area contributed by atoms with Crippen LogP contribution in [0.3, 0.4) is 0 Å². The highest BCUT2D eigenvalue weighted by Gasteiger charge is 2.15. The maximum Gasteiger partial charge on any atom is 0.160 e. The van der Waals surface area contributed by atoms with Crippen molar-refractivity contribution in [2.24, 2.45) is 0 Å². The van der Waals surface area contributed by atoms with E-state index in [1.807, 2.05) is 13.0 Å². The summed E-state index contributed by atoms with van der Waals surface area (Å²) in [6.45, 7) is 2.59. The zero-order chi connectivity index (χ0) is 19.1. The molecule has 0 saturated heterocycles. The molecule has 0 spiro atoms. The van der Waals surface area contributed by atoms with Gasteiger partial charge in [-0.05, 0) is 49.6 Å². The van der Waals surface area contributed by atoms with E-state index in [-0.39, 0.29) is 0 Å². The Balaban J connectivity index is 1.45. The fraction of sp³-hybridized carbons (Fsp3) is 0.364. The first kappa shape index (κ1) is 17.3. The Morgan fingerprint density at radius 1 is 1.07 bits per heavy atom. The number of aryl methyl sites for hydroxylation is 1. The number of pyridine rings is 1. The van der Waals surface area contributed by atoms with Crippen LogP contribution >= 0.6 is 0 Å². The molecule has 0 bridgehead atoms. The van der Waals surface area contributed by atoms with Crippen molar-refractivity contribution in [2.45, 2.75) is 51.7 Å². The minimum atomic E-state index is 0.419. The SMILES string of the molecule is Cc1nc2c(-c3cc4cc(COC5CCCCC5)ccc4[nH]3)cc(N)nc2[nH]1. The van der Waals surface area contributed by atoms with Gasteiger partial charge in [0, 0.05) is 22.2 Å². The Morgan fingerprint density at radius 2 is 1.93 bits per heavy atom. The minimum absolute atomic E-state index is 0.419. The van der Waals surface area contributed by atoms with Gasteiger partial charge in [0.05, 0.1) is 12.7 Å². The van der Waals surface area contributed by atoms with Gasteiger partial charge in [-0.15, -0.1) is 0 Å². The van der Waals surface area contributed by atoms with Gasteiger partial charge >= 0.3 is 0 Å². The number of nitrogens with two attached hydrogens (primary N) is 1. The van der Waals surface area contributed by atoms with Crippen molar-refractivity contribution in [1.29, 1.82) is 0 Å². The lowest BCUT2D eigenvalue weighted by atomic mass is 9.98. The summed E-state index contributed by atoms with van der Waals surface area (Å²) >= 11 is 0. The van der Waals surface area contributed by atoms with Crippen molar-refractivity contribution in [2.75, 3.05) is 5.73 Å². The molecule has 3 aromatic heterocycles. The number of aromatic amines is 2. The maximum absolute atomic E-state index is 6.14. The average molecular weight is 375 g/mol. The third kappa shape index (κ3) is 3.24. The lowest BCUT2D eigenvalue weighted by Crippen LogP contribution is -2.16. The van der Waals surface area contributed by atoms with Crippen LogP contribution < -0.4 is 5.73 Å². The summed E-state index contributed by atoms with van der Waals surface area (Å²) < 4.78 is 6.14. The van der Waals surface area contributed by atoms with Crippen LogP contribution in [-0.2, 0) is 11.3 Å². The second-order valence-electron chi connectivity index (χ2n) is 7.79. The summed E-state index contributed by atoms with van der Waals surface area (Å²) in [6.07, 6.45) is 6.74. The molecule has 5 rings (SSSR count). The van der Waals surface area contributed by atoms with Crippen LogP contribution in [-0.4, -0.2) is 26.0 Å². The summed E-state index contributed by atoms with van der Waals surface area (Å²) in [5, 5.41) is 1.16. The van der Waals surface area contributed by atoms with E-state index in [0.717, 1.165) is 33.5 Å². The van der Waals surface area contributed by atoms with Gasteiger partial charge in [0.15, 0.2) is 5.65 Å².